The molecule has 1 aliphatic heterocycles. The number of halogens is 3. The maximum atomic E-state index is 13.4. The molecule has 4 N–H and O–H groups in total. The lowest BCUT2D eigenvalue weighted by atomic mass is 9.84. The molecule has 1 aliphatic carbocycles. The fraction of sp³-hybridized carbons (Fsp3) is 0.464. The summed E-state index contributed by atoms with van der Waals surface area (Å²) in [7, 11) is -3.71. The third kappa shape index (κ3) is 8.42. The van der Waals surface area contributed by atoms with Gasteiger partial charge in [0.2, 0.25) is 5.91 Å². The second kappa shape index (κ2) is 13.6. The molecule has 0 spiro atoms. The number of likely N-dealkylation sites (tertiary alicyclic amines) is 1. The molecule has 0 unspecified atom stereocenters. The van der Waals surface area contributed by atoms with Gasteiger partial charge in [-0.25, -0.2) is 13.2 Å². The summed E-state index contributed by atoms with van der Waals surface area (Å²) in [6.45, 7) is 0.337. The zero-order valence-corrected chi connectivity index (χ0v) is 24.9. The number of urea groups is 1. The number of carbonyl (C=O) groups is 3. The maximum absolute atomic E-state index is 13.4. The summed E-state index contributed by atoms with van der Waals surface area (Å²) < 4.78 is 66.3. The number of thioether (sulfide) groups is 1. The monoisotopic (exact) mass is 642 g/mol. The van der Waals surface area contributed by atoms with Crippen LogP contribution in [0.3, 0.4) is 0 Å². The van der Waals surface area contributed by atoms with Crippen LogP contribution in [0.25, 0.3) is 0 Å². The van der Waals surface area contributed by atoms with Crippen LogP contribution in [0.5, 0.6) is 0 Å². The number of aliphatic hydroxyl groups is 1. The van der Waals surface area contributed by atoms with E-state index in [1.54, 1.807) is 12.1 Å². The average Bonchev–Trinajstić information content (AvgIpc) is 2.91. The molecule has 4 amide bonds. The standard InChI is InChI=1S/C28H33F3N4O6S2/c1-42-20-6-8-21(9-7-20)43(40,41)16-17-3-5-19(36)14-24(17)33-25(37)15-32-26(38)22-13-18(28(29,30)31)4-10-23(22)34-27(39)35-11-2-12-35/h4,6-10,13,17,19,24,36H,2-3,5,11-12,14-16H2,1H3,(H,32,38)(H,33,37)(H,34,39)/t17-,19-,24+/m1/s1. The summed E-state index contributed by atoms with van der Waals surface area (Å²) in [4.78, 5) is 40.6. The molecule has 0 bridgehead atoms. The molecule has 15 heteroatoms. The van der Waals surface area contributed by atoms with Gasteiger partial charge in [-0.05, 0) is 80.3 Å². The van der Waals surface area contributed by atoms with Crippen LogP contribution in [0, 0.1) is 5.92 Å². The lowest BCUT2D eigenvalue weighted by Gasteiger charge is -2.34. The lowest BCUT2D eigenvalue weighted by Crippen LogP contribution is -2.50. The number of anilines is 1. The van der Waals surface area contributed by atoms with Gasteiger partial charge in [0, 0.05) is 24.0 Å². The van der Waals surface area contributed by atoms with E-state index >= 15 is 0 Å². The van der Waals surface area contributed by atoms with Crippen molar-refractivity contribution in [2.75, 3.05) is 37.0 Å². The van der Waals surface area contributed by atoms with Crippen LogP contribution >= 0.6 is 11.8 Å². The highest BCUT2D eigenvalue weighted by molar-refractivity contribution is 7.98. The third-order valence-corrected chi connectivity index (χ3v) is 10.2. The number of hydrogen-bond acceptors (Lipinski definition) is 7. The average molecular weight is 643 g/mol. The summed E-state index contributed by atoms with van der Waals surface area (Å²) >= 11 is 1.48. The van der Waals surface area contributed by atoms with Gasteiger partial charge >= 0.3 is 12.2 Å². The molecule has 3 atom stereocenters. The van der Waals surface area contributed by atoms with Gasteiger partial charge in [0.05, 0.1) is 40.1 Å². The number of rotatable bonds is 9. The number of aliphatic hydroxyl groups excluding tert-OH is 1. The normalized spacial score (nSPS) is 20.6. The third-order valence-electron chi connectivity index (χ3n) is 7.55. The van der Waals surface area contributed by atoms with Gasteiger partial charge in [-0.15, -0.1) is 11.8 Å². The van der Waals surface area contributed by atoms with Crippen molar-refractivity contribution in [2.24, 2.45) is 5.92 Å². The first-order chi connectivity index (χ1) is 20.3. The number of amides is 4. The van der Waals surface area contributed by atoms with Crippen molar-refractivity contribution in [2.45, 2.75) is 53.8 Å². The number of sulfone groups is 1. The second-order valence-electron chi connectivity index (χ2n) is 10.6. The quantitative estimate of drug-likeness (QED) is 0.307. The predicted molar refractivity (Wildman–Crippen MR) is 155 cm³/mol. The SMILES string of the molecule is CSc1ccc(S(=O)(=O)C[C@H]2CC[C@@H](O)C[C@@H]2NC(=O)CNC(=O)c2cc(C(F)(F)F)ccc2NC(=O)N2CCC2)cc1. The topological polar surface area (TPSA) is 145 Å². The molecular formula is C28H33F3N4O6S2. The Morgan fingerprint density at radius 3 is 2.37 bits per heavy atom. The summed E-state index contributed by atoms with van der Waals surface area (Å²) in [5.74, 6) is -2.51. The smallest absolute Gasteiger partial charge is 0.393 e. The first-order valence-electron chi connectivity index (χ1n) is 13.7. The minimum Gasteiger partial charge on any atom is -0.393 e. The van der Waals surface area contributed by atoms with Crippen LogP contribution in [-0.2, 0) is 20.8 Å². The summed E-state index contributed by atoms with van der Waals surface area (Å²) in [6.07, 6.45) is -2.05. The molecule has 0 radical (unpaired) electrons. The number of hydrogen-bond donors (Lipinski definition) is 4. The number of carbonyl (C=O) groups excluding carboxylic acids is 3. The van der Waals surface area contributed by atoms with E-state index in [0.717, 1.165) is 23.4 Å². The fourth-order valence-electron chi connectivity index (χ4n) is 4.99. The molecule has 2 fully saturated rings. The molecule has 234 valence electrons. The number of nitrogens with one attached hydrogen (secondary N) is 3. The number of alkyl halides is 3. The number of benzene rings is 2. The highest BCUT2D eigenvalue weighted by atomic mass is 32.2. The minimum absolute atomic E-state index is 0.103. The molecule has 2 aromatic rings. The Kier molecular flexibility index (Phi) is 10.3. The van der Waals surface area contributed by atoms with Crippen LogP contribution < -0.4 is 16.0 Å². The van der Waals surface area contributed by atoms with E-state index in [1.165, 1.54) is 28.8 Å². The van der Waals surface area contributed by atoms with E-state index in [9.17, 15) is 41.1 Å². The Labute approximate surface area is 251 Å². The van der Waals surface area contributed by atoms with Crippen molar-refractivity contribution < 1.29 is 41.1 Å². The van der Waals surface area contributed by atoms with Crippen LogP contribution in [0.1, 0.15) is 41.6 Å². The van der Waals surface area contributed by atoms with Gasteiger partial charge < -0.3 is 26.0 Å². The predicted octanol–water partition coefficient (Wildman–Crippen LogP) is 3.51. The Morgan fingerprint density at radius 1 is 1.07 bits per heavy atom. The van der Waals surface area contributed by atoms with Crippen molar-refractivity contribution in [1.29, 1.82) is 0 Å². The first-order valence-corrected chi connectivity index (χ1v) is 16.5. The van der Waals surface area contributed by atoms with Gasteiger partial charge in [0.25, 0.3) is 5.91 Å². The number of nitrogens with zero attached hydrogens (tertiary/aromatic N) is 1. The second-order valence-corrected chi connectivity index (χ2v) is 13.5. The van der Waals surface area contributed by atoms with Crippen molar-refractivity contribution in [3.63, 3.8) is 0 Å². The Morgan fingerprint density at radius 2 is 1.77 bits per heavy atom. The fourth-order valence-corrected chi connectivity index (χ4v) is 7.11. The van der Waals surface area contributed by atoms with E-state index in [-0.39, 0.29) is 22.8 Å². The Bertz CT molecular complexity index is 1450. The van der Waals surface area contributed by atoms with Crippen molar-refractivity contribution >= 4 is 45.1 Å². The van der Waals surface area contributed by atoms with Crippen LogP contribution in [0.2, 0.25) is 0 Å². The highest BCUT2D eigenvalue weighted by Crippen LogP contribution is 2.32. The van der Waals surface area contributed by atoms with Crippen molar-refractivity contribution in [3.8, 4) is 0 Å². The van der Waals surface area contributed by atoms with E-state index in [4.69, 9.17) is 0 Å². The molecule has 10 nitrogen and oxygen atoms in total. The molecule has 2 aliphatic rings. The van der Waals surface area contributed by atoms with Gasteiger partial charge in [-0.1, -0.05) is 0 Å². The molecule has 0 aromatic heterocycles. The zero-order chi connectivity index (χ0) is 31.4. The van der Waals surface area contributed by atoms with E-state index < -0.39 is 69.6 Å². The van der Waals surface area contributed by atoms with Gasteiger partial charge in [0.1, 0.15) is 0 Å². The van der Waals surface area contributed by atoms with E-state index in [1.807, 2.05) is 6.26 Å². The molecule has 1 heterocycles. The Balaban J connectivity index is 1.42. The first kappa shape index (κ1) is 32.6. The summed E-state index contributed by atoms with van der Waals surface area (Å²) in [5, 5.41) is 17.6. The van der Waals surface area contributed by atoms with Gasteiger partial charge in [0.15, 0.2) is 9.84 Å². The van der Waals surface area contributed by atoms with Crippen molar-refractivity contribution in [1.82, 2.24) is 15.5 Å². The minimum atomic E-state index is -4.75. The molecule has 1 saturated carbocycles. The maximum Gasteiger partial charge on any atom is 0.416 e. The lowest BCUT2D eigenvalue weighted by molar-refractivity contribution is -0.137. The molecule has 2 aromatic carbocycles. The largest absolute Gasteiger partial charge is 0.416 e. The highest BCUT2D eigenvalue weighted by Gasteiger charge is 2.35. The zero-order valence-electron chi connectivity index (χ0n) is 23.3. The van der Waals surface area contributed by atoms with Crippen LogP contribution in [0.15, 0.2) is 52.3 Å². The summed E-state index contributed by atoms with van der Waals surface area (Å²) in [6, 6.07) is 7.51. The van der Waals surface area contributed by atoms with Gasteiger partial charge in [-0.2, -0.15) is 13.2 Å². The van der Waals surface area contributed by atoms with Gasteiger partial charge in [-0.3, -0.25) is 9.59 Å². The van der Waals surface area contributed by atoms with E-state index in [0.29, 0.717) is 32.0 Å². The molecule has 43 heavy (non-hydrogen) atoms. The Hall–Kier alpha value is -3.30. The van der Waals surface area contributed by atoms with Crippen LogP contribution in [-0.4, -0.2) is 80.1 Å². The molecule has 4 rings (SSSR count). The van der Waals surface area contributed by atoms with Crippen molar-refractivity contribution in [3.05, 3.63) is 53.6 Å². The van der Waals surface area contributed by atoms with Crippen LogP contribution in [0.4, 0.5) is 23.7 Å². The summed E-state index contributed by atoms with van der Waals surface area (Å²) in [5.41, 5.74) is -1.72. The van der Waals surface area contributed by atoms with E-state index in [2.05, 4.69) is 16.0 Å². The molecule has 1 saturated heterocycles. The molecular weight excluding hydrogens is 609 g/mol.